The number of pyridine rings is 1. The quantitative estimate of drug-likeness (QED) is 0.496. The number of benzene rings is 1. The summed E-state index contributed by atoms with van der Waals surface area (Å²) in [6, 6.07) is 11.2. The summed E-state index contributed by atoms with van der Waals surface area (Å²) in [5, 5.41) is 14.6. The van der Waals surface area contributed by atoms with Crippen LogP contribution in [0.1, 0.15) is 18.1 Å². The van der Waals surface area contributed by atoms with E-state index in [-0.39, 0.29) is 10.6 Å². The molecule has 0 amide bonds. The van der Waals surface area contributed by atoms with E-state index in [0.29, 0.717) is 16.6 Å². The van der Waals surface area contributed by atoms with Gasteiger partial charge in [0.15, 0.2) is 5.03 Å². The van der Waals surface area contributed by atoms with E-state index >= 15 is 0 Å². The van der Waals surface area contributed by atoms with E-state index < -0.39 is 0 Å². The average Bonchev–Trinajstić information content (AvgIpc) is 2.45. The van der Waals surface area contributed by atoms with Crippen LogP contribution in [0.3, 0.4) is 0 Å². The van der Waals surface area contributed by atoms with Gasteiger partial charge in [0.25, 0.3) is 0 Å². The molecule has 110 valence electrons. The number of anilines is 1. The van der Waals surface area contributed by atoms with Gasteiger partial charge in [0.1, 0.15) is 5.82 Å². The second-order valence-electron chi connectivity index (χ2n) is 4.59. The van der Waals surface area contributed by atoms with Crippen molar-refractivity contribution in [3.8, 4) is 0 Å². The zero-order valence-corrected chi connectivity index (χ0v) is 12.8. The number of rotatable bonds is 6. The topological polar surface area (TPSA) is 68.1 Å². The molecule has 0 aliphatic carbocycles. The number of nitrogens with one attached hydrogen (secondary N) is 1. The number of thioether (sulfide) groups is 1. The highest BCUT2D eigenvalue weighted by Crippen LogP contribution is 2.31. The first kappa shape index (κ1) is 15.3. The van der Waals surface area contributed by atoms with Crippen molar-refractivity contribution >= 4 is 23.3 Å². The standard InChI is InChI=1S/C15H17N3O2S/c1-3-16-14-8-7-13(18(19)20)15(17-14)21-10-12-6-4-5-11(2)9-12/h4-9H,3,10H2,1-2H3,(H,16,17). The van der Waals surface area contributed by atoms with Crippen molar-refractivity contribution in [2.45, 2.75) is 24.6 Å². The highest BCUT2D eigenvalue weighted by molar-refractivity contribution is 7.98. The van der Waals surface area contributed by atoms with Gasteiger partial charge in [0.2, 0.25) is 0 Å². The van der Waals surface area contributed by atoms with E-state index in [0.717, 1.165) is 12.1 Å². The van der Waals surface area contributed by atoms with Gasteiger partial charge in [-0.3, -0.25) is 10.1 Å². The zero-order chi connectivity index (χ0) is 15.2. The van der Waals surface area contributed by atoms with Crippen LogP contribution in [0, 0.1) is 17.0 Å². The molecule has 6 heteroatoms. The summed E-state index contributed by atoms with van der Waals surface area (Å²) in [6.45, 7) is 4.72. The first-order valence-electron chi connectivity index (χ1n) is 6.68. The van der Waals surface area contributed by atoms with Crippen LogP contribution in [-0.2, 0) is 5.75 Å². The average molecular weight is 303 g/mol. The Morgan fingerprint density at radius 3 is 2.81 bits per heavy atom. The maximum absolute atomic E-state index is 11.1. The molecule has 2 aromatic rings. The summed E-state index contributed by atoms with van der Waals surface area (Å²) >= 11 is 1.38. The maximum Gasteiger partial charge on any atom is 0.301 e. The fraction of sp³-hybridized carbons (Fsp3) is 0.267. The second-order valence-corrected chi connectivity index (χ2v) is 5.55. The highest BCUT2D eigenvalue weighted by atomic mass is 32.2. The van der Waals surface area contributed by atoms with Crippen LogP contribution in [0.4, 0.5) is 11.5 Å². The van der Waals surface area contributed by atoms with Crippen molar-refractivity contribution in [2.24, 2.45) is 0 Å². The summed E-state index contributed by atoms with van der Waals surface area (Å²) < 4.78 is 0. The van der Waals surface area contributed by atoms with Gasteiger partial charge in [-0.15, -0.1) is 0 Å². The fourth-order valence-corrected chi connectivity index (χ4v) is 2.85. The van der Waals surface area contributed by atoms with Crippen LogP contribution >= 0.6 is 11.8 Å². The molecule has 0 radical (unpaired) electrons. The van der Waals surface area contributed by atoms with Crippen LogP contribution in [-0.4, -0.2) is 16.5 Å². The Morgan fingerprint density at radius 1 is 1.33 bits per heavy atom. The minimum Gasteiger partial charge on any atom is -0.370 e. The molecule has 1 aromatic heterocycles. The van der Waals surface area contributed by atoms with Gasteiger partial charge < -0.3 is 5.32 Å². The van der Waals surface area contributed by atoms with Gasteiger partial charge in [-0.05, 0) is 25.5 Å². The first-order valence-corrected chi connectivity index (χ1v) is 7.66. The molecule has 0 saturated carbocycles. The first-order chi connectivity index (χ1) is 10.1. The van der Waals surface area contributed by atoms with Crippen LogP contribution in [0.5, 0.6) is 0 Å². The molecule has 0 spiro atoms. The summed E-state index contributed by atoms with van der Waals surface area (Å²) in [5.74, 6) is 1.32. The minimum atomic E-state index is -0.388. The Bertz CT molecular complexity index is 647. The summed E-state index contributed by atoms with van der Waals surface area (Å²) in [5.41, 5.74) is 2.36. The number of aromatic nitrogens is 1. The Balaban J connectivity index is 2.20. The van der Waals surface area contributed by atoms with Gasteiger partial charge in [-0.1, -0.05) is 41.6 Å². The van der Waals surface area contributed by atoms with Crippen LogP contribution < -0.4 is 5.32 Å². The van der Waals surface area contributed by atoms with Crippen molar-refractivity contribution in [3.05, 3.63) is 57.6 Å². The molecule has 5 nitrogen and oxygen atoms in total. The van der Waals surface area contributed by atoms with Gasteiger partial charge in [0.05, 0.1) is 4.92 Å². The van der Waals surface area contributed by atoms with Crippen molar-refractivity contribution in [2.75, 3.05) is 11.9 Å². The molecule has 0 atom stereocenters. The predicted molar refractivity (Wildman–Crippen MR) is 85.8 cm³/mol. The molecule has 0 bridgehead atoms. The summed E-state index contributed by atoms with van der Waals surface area (Å²) in [4.78, 5) is 15.0. The van der Waals surface area contributed by atoms with Crippen LogP contribution in [0.2, 0.25) is 0 Å². The lowest BCUT2D eigenvalue weighted by atomic mass is 10.2. The van der Waals surface area contributed by atoms with E-state index in [2.05, 4.69) is 16.4 Å². The lowest BCUT2D eigenvalue weighted by Gasteiger charge is -2.07. The fourth-order valence-electron chi connectivity index (χ4n) is 1.91. The van der Waals surface area contributed by atoms with Gasteiger partial charge in [0, 0.05) is 18.4 Å². The monoisotopic (exact) mass is 303 g/mol. The summed E-state index contributed by atoms with van der Waals surface area (Å²) in [6.07, 6.45) is 0. The molecular weight excluding hydrogens is 286 g/mol. The largest absolute Gasteiger partial charge is 0.370 e. The lowest BCUT2D eigenvalue weighted by Crippen LogP contribution is -2.01. The minimum absolute atomic E-state index is 0.0503. The molecule has 2 rings (SSSR count). The Hall–Kier alpha value is -2.08. The number of nitro groups is 1. The number of hydrogen-bond donors (Lipinski definition) is 1. The number of aryl methyl sites for hydroxylation is 1. The third-order valence-electron chi connectivity index (χ3n) is 2.85. The third kappa shape index (κ3) is 4.19. The molecule has 1 heterocycles. The van der Waals surface area contributed by atoms with E-state index in [4.69, 9.17) is 0 Å². The molecule has 0 saturated heterocycles. The third-order valence-corrected chi connectivity index (χ3v) is 3.90. The van der Waals surface area contributed by atoms with E-state index in [1.807, 2.05) is 32.0 Å². The zero-order valence-electron chi connectivity index (χ0n) is 12.0. The highest BCUT2D eigenvalue weighted by Gasteiger charge is 2.16. The molecule has 0 aliphatic rings. The van der Waals surface area contributed by atoms with E-state index in [1.165, 1.54) is 23.4 Å². The molecule has 21 heavy (non-hydrogen) atoms. The van der Waals surface area contributed by atoms with E-state index in [1.54, 1.807) is 6.07 Å². The maximum atomic E-state index is 11.1. The van der Waals surface area contributed by atoms with Gasteiger partial charge >= 0.3 is 5.69 Å². The SMILES string of the molecule is CCNc1ccc([N+](=O)[O-])c(SCc2cccc(C)c2)n1. The molecule has 1 aromatic carbocycles. The summed E-state index contributed by atoms with van der Waals surface area (Å²) in [7, 11) is 0. The Labute approximate surface area is 127 Å². The second kappa shape index (κ2) is 7.08. The predicted octanol–water partition coefficient (Wildman–Crippen LogP) is 4.02. The number of nitrogens with zero attached hydrogens (tertiary/aromatic N) is 2. The van der Waals surface area contributed by atoms with E-state index in [9.17, 15) is 10.1 Å². The normalized spacial score (nSPS) is 10.4. The Kier molecular flexibility index (Phi) is 5.16. The van der Waals surface area contributed by atoms with Crippen molar-refractivity contribution in [3.63, 3.8) is 0 Å². The molecule has 0 aliphatic heterocycles. The molecular formula is C15H17N3O2S. The van der Waals surface area contributed by atoms with Gasteiger partial charge in [-0.2, -0.15) is 0 Å². The van der Waals surface area contributed by atoms with Crippen molar-refractivity contribution in [1.82, 2.24) is 4.98 Å². The molecule has 1 N–H and O–H groups in total. The van der Waals surface area contributed by atoms with Crippen LogP contribution in [0.25, 0.3) is 0 Å². The number of hydrogen-bond acceptors (Lipinski definition) is 5. The van der Waals surface area contributed by atoms with Crippen molar-refractivity contribution in [1.29, 1.82) is 0 Å². The van der Waals surface area contributed by atoms with Crippen molar-refractivity contribution < 1.29 is 4.92 Å². The Morgan fingerprint density at radius 2 is 2.14 bits per heavy atom. The smallest absolute Gasteiger partial charge is 0.301 e. The lowest BCUT2D eigenvalue weighted by molar-refractivity contribution is -0.388. The van der Waals surface area contributed by atoms with Crippen LogP contribution in [0.15, 0.2) is 41.4 Å². The molecule has 0 fully saturated rings. The molecule has 0 unspecified atom stereocenters. The van der Waals surface area contributed by atoms with Gasteiger partial charge in [-0.25, -0.2) is 4.98 Å².